The van der Waals surface area contributed by atoms with Crippen LogP contribution in [0.25, 0.3) is 0 Å². The molecule has 1 aromatic carbocycles. The number of aromatic amines is 1. The Kier molecular flexibility index (Phi) is 2.27. The van der Waals surface area contributed by atoms with Gasteiger partial charge in [-0.25, -0.2) is 9.98 Å². The lowest BCUT2D eigenvalue weighted by atomic mass is 10.3. The molecule has 0 saturated heterocycles. The number of aliphatic imine (C=N–C) groups is 1. The first-order valence-electron chi connectivity index (χ1n) is 4.18. The number of benzene rings is 1. The quantitative estimate of drug-likeness (QED) is 0.705. The molecule has 0 saturated carbocycles. The predicted octanol–water partition coefficient (Wildman–Crippen LogP) is 1.87. The van der Waals surface area contributed by atoms with Crippen molar-refractivity contribution in [2.45, 2.75) is 0 Å². The van der Waals surface area contributed by atoms with Crippen LogP contribution in [0.2, 0.25) is 0 Å². The zero-order valence-electron chi connectivity index (χ0n) is 7.38. The average molecular weight is 187 g/mol. The molecular formula is C10H9N3O. The summed E-state index contributed by atoms with van der Waals surface area (Å²) in [5.41, 5.74) is 0.531. The molecule has 0 aliphatic rings. The highest BCUT2D eigenvalue weighted by Crippen LogP contribution is 2.24. The van der Waals surface area contributed by atoms with Gasteiger partial charge in [0, 0.05) is 12.4 Å². The zero-order valence-corrected chi connectivity index (χ0v) is 7.38. The van der Waals surface area contributed by atoms with Crippen molar-refractivity contribution in [1.82, 2.24) is 9.97 Å². The van der Waals surface area contributed by atoms with E-state index in [4.69, 9.17) is 0 Å². The van der Waals surface area contributed by atoms with Gasteiger partial charge in [0.15, 0.2) is 0 Å². The number of aromatic nitrogens is 2. The van der Waals surface area contributed by atoms with Crippen LogP contribution in [0.4, 0.5) is 5.69 Å². The van der Waals surface area contributed by atoms with Crippen LogP contribution in [-0.2, 0) is 0 Å². The lowest BCUT2D eigenvalue weighted by molar-refractivity contribution is 0.477. The minimum Gasteiger partial charge on any atom is -0.506 e. The standard InChI is InChI=1S/C10H9N3O/c14-9-4-2-1-3-8(9)13-7-10-11-5-6-12-10/h1-7,14H,(H,11,12). The molecule has 0 radical (unpaired) electrons. The van der Waals surface area contributed by atoms with E-state index in [1.807, 2.05) is 6.07 Å². The van der Waals surface area contributed by atoms with E-state index in [1.54, 1.807) is 36.8 Å². The number of imidazole rings is 1. The number of nitrogens with zero attached hydrogens (tertiary/aromatic N) is 2. The van der Waals surface area contributed by atoms with Crippen molar-refractivity contribution >= 4 is 11.9 Å². The van der Waals surface area contributed by atoms with Gasteiger partial charge >= 0.3 is 0 Å². The summed E-state index contributed by atoms with van der Waals surface area (Å²) < 4.78 is 0. The molecule has 0 aliphatic carbocycles. The molecule has 4 heteroatoms. The number of nitrogens with one attached hydrogen (secondary N) is 1. The second kappa shape index (κ2) is 3.74. The third-order valence-corrected chi connectivity index (χ3v) is 1.73. The van der Waals surface area contributed by atoms with Crippen molar-refractivity contribution in [2.24, 2.45) is 4.99 Å². The van der Waals surface area contributed by atoms with Crippen LogP contribution in [0.15, 0.2) is 41.7 Å². The first-order valence-corrected chi connectivity index (χ1v) is 4.18. The van der Waals surface area contributed by atoms with Gasteiger partial charge in [-0.1, -0.05) is 12.1 Å². The van der Waals surface area contributed by atoms with Gasteiger partial charge in [-0.2, -0.15) is 0 Å². The van der Waals surface area contributed by atoms with Crippen LogP contribution in [0.1, 0.15) is 5.82 Å². The SMILES string of the molecule is Oc1ccccc1N=Cc1ncc[nH]1. The van der Waals surface area contributed by atoms with E-state index < -0.39 is 0 Å². The summed E-state index contributed by atoms with van der Waals surface area (Å²) in [5.74, 6) is 0.823. The van der Waals surface area contributed by atoms with E-state index in [9.17, 15) is 5.11 Å². The number of hydrogen-bond donors (Lipinski definition) is 2. The van der Waals surface area contributed by atoms with Crippen LogP contribution in [0, 0.1) is 0 Å². The molecule has 0 spiro atoms. The van der Waals surface area contributed by atoms with E-state index in [2.05, 4.69) is 15.0 Å². The summed E-state index contributed by atoms with van der Waals surface area (Å²) in [6.07, 6.45) is 4.92. The molecule has 0 fully saturated rings. The van der Waals surface area contributed by atoms with Crippen LogP contribution in [0.5, 0.6) is 5.75 Å². The maximum atomic E-state index is 9.39. The van der Waals surface area contributed by atoms with Crippen molar-refractivity contribution in [2.75, 3.05) is 0 Å². The molecule has 2 rings (SSSR count). The minimum atomic E-state index is 0.162. The van der Waals surface area contributed by atoms with Crippen molar-refractivity contribution in [1.29, 1.82) is 0 Å². The molecule has 0 atom stereocenters. The van der Waals surface area contributed by atoms with E-state index in [0.717, 1.165) is 0 Å². The largest absolute Gasteiger partial charge is 0.506 e. The number of hydrogen-bond acceptors (Lipinski definition) is 3. The monoisotopic (exact) mass is 187 g/mol. The molecule has 0 unspecified atom stereocenters. The fraction of sp³-hybridized carbons (Fsp3) is 0. The number of H-pyrrole nitrogens is 1. The molecule has 0 bridgehead atoms. The van der Waals surface area contributed by atoms with Gasteiger partial charge in [-0.15, -0.1) is 0 Å². The zero-order chi connectivity index (χ0) is 9.80. The summed E-state index contributed by atoms with van der Waals surface area (Å²) in [5, 5.41) is 9.39. The molecule has 2 aromatic rings. The normalized spacial score (nSPS) is 10.9. The Morgan fingerprint density at radius 2 is 2.21 bits per heavy atom. The topological polar surface area (TPSA) is 61.3 Å². The molecule has 70 valence electrons. The Labute approximate surface area is 81.0 Å². The van der Waals surface area contributed by atoms with E-state index in [-0.39, 0.29) is 5.75 Å². The van der Waals surface area contributed by atoms with Gasteiger partial charge in [0.25, 0.3) is 0 Å². The average Bonchev–Trinajstić information content (AvgIpc) is 2.69. The van der Waals surface area contributed by atoms with Crippen molar-refractivity contribution in [3.05, 3.63) is 42.5 Å². The lowest BCUT2D eigenvalue weighted by Gasteiger charge is -1.95. The van der Waals surface area contributed by atoms with E-state index in [1.165, 1.54) is 0 Å². The predicted molar refractivity (Wildman–Crippen MR) is 53.9 cm³/mol. The molecule has 2 N–H and O–H groups in total. The maximum Gasteiger partial charge on any atom is 0.148 e. The van der Waals surface area contributed by atoms with Gasteiger partial charge in [-0.05, 0) is 12.1 Å². The number of para-hydroxylation sites is 2. The molecule has 0 aliphatic heterocycles. The first-order chi connectivity index (χ1) is 6.86. The fourth-order valence-corrected chi connectivity index (χ4v) is 1.05. The van der Waals surface area contributed by atoms with Gasteiger partial charge < -0.3 is 10.1 Å². The minimum absolute atomic E-state index is 0.162. The Morgan fingerprint density at radius 3 is 2.93 bits per heavy atom. The highest BCUT2D eigenvalue weighted by atomic mass is 16.3. The molecule has 14 heavy (non-hydrogen) atoms. The third-order valence-electron chi connectivity index (χ3n) is 1.73. The maximum absolute atomic E-state index is 9.39. The highest BCUT2D eigenvalue weighted by molar-refractivity contribution is 5.78. The molecule has 1 aromatic heterocycles. The van der Waals surface area contributed by atoms with E-state index in [0.29, 0.717) is 11.5 Å². The molecule has 0 amide bonds. The number of aromatic hydroxyl groups is 1. The van der Waals surface area contributed by atoms with Crippen molar-refractivity contribution < 1.29 is 5.11 Å². The van der Waals surface area contributed by atoms with Crippen LogP contribution >= 0.6 is 0 Å². The summed E-state index contributed by atoms with van der Waals surface area (Å²) in [4.78, 5) is 10.9. The lowest BCUT2D eigenvalue weighted by Crippen LogP contribution is -1.82. The Hall–Kier alpha value is -2.10. The second-order valence-corrected chi connectivity index (χ2v) is 2.72. The third kappa shape index (κ3) is 1.80. The Bertz CT molecular complexity index is 434. The number of phenolic OH excluding ortho intramolecular Hbond substituents is 1. The van der Waals surface area contributed by atoms with Crippen LogP contribution in [-0.4, -0.2) is 21.3 Å². The van der Waals surface area contributed by atoms with Gasteiger partial charge in [0.1, 0.15) is 17.3 Å². The second-order valence-electron chi connectivity index (χ2n) is 2.72. The van der Waals surface area contributed by atoms with Gasteiger partial charge in [0.2, 0.25) is 0 Å². The molecule has 1 heterocycles. The fourth-order valence-electron chi connectivity index (χ4n) is 1.05. The first kappa shape index (κ1) is 8.50. The van der Waals surface area contributed by atoms with E-state index >= 15 is 0 Å². The molecular weight excluding hydrogens is 178 g/mol. The van der Waals surface area contributed by atoms with Crippen LogP contribution in [0.3, 0.4) is 0 Å². The number of rotatable bonds is 2. The van der Waals surface area contributed by atoms with Gasteiger partial charge in [0.05, 0.1) is 6.21 Å². The Balaban J connectivity index is 2.23. The van der Waals surface area contributed by atoms with Gasteiger partial charge in [-0.3, -0.25) is 0 Å². The number of phenols is 1. The smallest absolute Gasteiger partial charge is 0.148 e. The summed E-state index contributed by atoms with van der Waals surface area (Å²) in [6, 6.07) is 6.89. The Morgan fingerprint density at radius 1 is 1.36 bits per heavy atom. The molecule has 4 nitrogen and oxygen atoms in total. The summed E-state index contributed by atoms with van der Waals surface area (Å²) in [6.45, 7) is 0. The summed E-state index contributed by atoms with van der Waals surface area (Å²) in [7, 11) is 0. The van der Waals surface area contributed by atoms with Crippen LogP contribution < -0.4 is 0 Å². The summed E-state index contributed by atoms with van der Waals surface area (Å²) >= 11 is 0. The van der Waals surface area contributed by atoms with Crippen molar-refractivity contribution in [3.8, 4) is 5.75 Å². The van der Waals surface area contributed by atoms with Crippen molar-refractivity contribution in [3.63, 3.8) is 0 Å². The highest BCUT2D eigenvalue weighted by Gasteiger charge is 1.95.